The summed E-state index contributed by atoms with van der Waals surface area (Å²) in [6, 6.07) is 11.6. The Bertz CT molecular complexity index is 962. The number of rotatable bonds is 4. The lowest BCUT2D eigenvalue weighted by molar-refractivity contribution is 0.460. The monoisotopic (exact) mass is 373 g/mol. The average molecular weight is 374 g/mol. The third-order valence-electron chi connectivity index (χ3n) is 4.58. The number of sulfonamides is 1. The van der Waals surface area contributed by atoms with Gasteiger partial charge < -0.3 is 4.90 Å². The molecule has 0 bridgehead atoms. The first-order valence-electron chi connectivity index (χ1n) is 8.27. The van der Waals surface area contributed by atoms with E-state index in [1.165, 1.54) is 11.3 Å². The van der Waals surface area contributed by atoms with Crippen molar-refractivity contribution in [2.24, 2.45) is 0 Å². The Morgan fingerprint density at radius 1 is 1.08 bits per heavy atom. The standard InChI is InChI=1S/C18H19N3O2S2/c22-25(23,18-13-24-17-4-2-1-3-16(17)18)20-14-7-11-21(12-8-14)15-5-9-19-10-6-15/h1-6,9-10,13-14,20H,7-8,11-12H2. The van der Waals surface area contributed by atoms with Crippen molar-refractivity contribution < 1.29 is 8.42 Å². The first-order valence-corrected chi connectivity index (χ1v) is 10.6. The Hall–Kier alpha value is -1.96. The minimum absolute atomic E-state index is 0.0262. The van der Waals surface area contributed by atoms with Gasteiger partial charge in [-0.15, -0.1) is 11.3 Å². The molecule has 0 aliphatic carbocycles. The van der Waals surface area contributed by atoms with Crippen LogP contribution >= 0.6 is 11.3 Å². The van der Waals surface area contributed by atoms with Crippen molar-refractivity contribution in [2.45, 2.75) is 23.8 Å². The van der Waals surface area contributed by atoms with Gasteiger partial charge in [0.2, 0.25) is 10.0 Å². The molecule has 0 saturated carbocycles. The lowest BCUT2D eigenvalue weighted by Gasteiger charge is -2.33. The molecule has 130 valence electrons. The van der Waals surface area contributed by atoms with Gasteiger partial charge in [-0.3, -0.25) is 4.98 Å². The fourth-order valence-electron chi connectivity index (χ4n) is 3.25. The van der Waals surface area contributed by atoms with Crippen molar-refractivity contribution in [2.75, 3.05) is 18.0 Å². The van der Waals surface area contributed by atoms with E-state index in [4.69, 9.17) is 0 Å². The Morgan fingerprint density at radius 3 is 2.56 bits per heavy atom. The first kappa shape index (κ1) is 16.5. The maximum Gasteiger partial charge on any atom is 0.242 e. The predicted molar refractivity (Wildman–Crippen MR) is 102 cm³/mol. The molecule has 3 heterocycles. The van der Waals surface area contributed by atoms with Crippen LogP contribution in [0.3, 0.4) is 0 Å². The lowest BCUT2D eigenvalue weighted by atomic mass is 10.1. The summed E-state index contributed by atoms with van der Waals surface area (Å²) in [5.74, 6) is 0. The molecular weight excluding hydrogens is 354 g/mol. The van der Waals surface area contributed by atoms with Crippen molar-refractivity contribution in [3.05, 3.63) is 54.2 Å². The van der Waals surface area contributed by atoms with E-state index in [0.717, 1.165) is 41.7 Å². The predicted octanol–water partition coefficient (Wildman–Crippen LogP) is 3.24. The summed E-state index contributed by atoms with van der Waals surface area (Å²) in [7, 11) is -3.49. The highest BCUT2D eigenvalue weighted by atomic mass is 32.2. The molecule has 1 aliphatic rings. The number of piperidine rings is 1. The molecule has 0 unspecified atom stereocenters. The number of pyridine rings is 1. The molecule has 2 aromatic heterocycles. The molecule has 25 heavy (non-hydrogen) atoms. The molecule has 0 atom stereocenters. The normalized spacial score (nSPS) is 16.4. The van der Waals surface area contributed by atoms with E-state index in [9.17, 15) is 8.42 Å². The van der Waals surface area contributed by atoms with Crippen molar-refractivity contribution in [1.82, 2.24) is 9.71 Å². The summed E-state index contributed by atoms with van der Waals surface area (Å²) in [6.45, 7) is 1.67. The number of hydrogen-bond acceptors (Lipinski definition) is 5. The molecule has 0 radical (unpaired) electrons. The minimum atomic E-state index is -3.49. The molecule has 1 aromatic carbocycles. The first-order chi connectivity index (χ1) is 12.1. The zero-order chi connectivity index (χ0) is 17.3. The Kier molecular flexibility index (Phi) is 4.45. The number of nitrogens with one attached hydrogen (secondary N) is 1. The van der Waals surface area contributed by atoms with Crippen LogP contribution in [0.1, 0.15) is 12.8 Å². The van der Waals surface area contributed by atoms with E-state index in [0.29, 0.717) is 4.90 Å². The van der Waals surface area contributed by atoms with Crippen LogP contribution in [0.15, 0.2) is 59.1 Å². The minimum Gasteiger partial charge on any atom is -0.371 e. The maximum absolute atomic E-state index is 12.8. The SMILES string of the molecule is O=S(=O)(NC1CCN(c2ccncc2)CC1)c1csc2ccccc12. The summed E-state index contributed by atoms with van der Waals surface area (Å²) in [6.07, 6.45) is 5.16. The third-order valence-corrected chi connectivity index (χ3v) is 7.25. The molecule has 4 rings (SSSR count). The second-order valence-corrected chi connectivity index (χ2v) is 8.78. The van der Waals surface area contributed by atoms with Crippen molar-refractivity contribution in [3.8, 4) is 0 Å². The van der Waals surface area contributed by atoms with Gasteiger partial charge in [-0.1, -0.05) is 18.2 Å². The Morgan fingerprint density at radius 2 is 1.80 bits per heavy atom. The van der Waals surface area contributed by atoms with E-state index < -0.39 is 10.0 Å². The summed E-state index contributed by atoms with van der Waals surface area (Å²) < 4.78 is 29.5. The maximum atomic E-state index is 12.8. The van der Waals surface area contributed by atoms with Gasteiger partial charge in [-0.2, -0.15) is 0 Å². The number of hydrogen-bond donors (Lipinski definition) is 1. The second kappa shape index (κ2) is 6.74. The quantitative estimate of drug-likeness (QED) is 0.763. The Labute approximate surface area is 151 Å². The largest absolute Gasteiger partial charge is 0.371 e. The van der Waals surface area contributed by atoms with Gasteiger partial charge in [0.1, 0.15) is 4.90 Å². The zero-order valence-corrected chi connectivity index (χ0v) is 15.3. The van der Waals surface area contributed by atoms with Gasteiger partial charge in [-0.25, -0.2) is 13.1 Å². The van der Waals surface area contributed by atoms with E-state index in [-0.39, 0.29) is 6.04 Å². The molecule has 0 spiro atoms. The van der Waals surface area contributed by atoms with Gasteiger partial charge in [0.05, 0.1) is 0 Å². The van der Waals surface area contributed by atoms with Crippen LogP contribution < -0.4 is 9.62 Å². The van der Waals surface area contributed by atoms with Crippen LogP contribution in [0.2, 0.25) is 0 Å². The van der Waals surface area contributed by atoms with E-state index >= 15 is 0 Å². The van der Waals surface area contributed by atoms with E-state index in [1.54, 1.807) is 17.8 Å². The van der Waals surface area contributed by atoms with Crippen molar-refractivity contribution in [3.63, 3.8) is 0 Å². The molecule has 3 aromatic rings. The summed E-state index contributed by atoms with van der Waals surface area (Å²) >= 11 is 1.47. The third kappa shape index (κ3) is 3.40. The van der Waals surface area contributed by atoms with Crippen molar-refractivity contribution in [1.29, 1.82) is 0 Å². The summed E-state index contributed by atoms with van der Waals surface area (Å²) in [5, 5.41) is 2.54. The molecule has 1 N–H and O–H groups in total. The fourth-order valence-corrected chi connectivity index (χ4v) is 6.06. The van der Waals surface area contributed by atoms with Crippen LogP contribution in [-0.2, 0) is 10.0 Å². The topological polar surface area (TPSA) is 62.3 Å². The van der Waals surface area contributed by atoms with Crippen LogP contribution in [-0.4, -0.2) is 32.5 Å². The van der Waals surface area contributed by atoms with Gasteiger partial charge in [-0.05, 0) is 31.0 Å². The second-order valence-electron chi connectivity index (χ2n) is 6.18. The molecular formula is C18H19N3O2S2. The molecule has 7 heteroatoms. The van der Waals surface area contributed by atoms with Crippen LogP contribution in [0, 0.1) is 0 Å². The number of fused-ring (bicyclic) bond motifs is 1. The van der Waals surface area contributed by atoms with Crippen LogP contribution in [0.25, 0.3) is 10.1 Å². The highest BCUT2D eigenvalue weighted by Gasteiger charge is 2.26. The smallest absolute Gasteiger partial charge is 0.242 e. The molecule has 1 fully saturated rings. The number of nitrogens with zero attached hydrogens (tertiary/aromatic N) is 2. The van der Waals surface area contributed by atoms with Gasteiger partial charge in [0.25, 0.3) is 0 Å². The van der Waals surface area contributed by atoms with Crippen LogP contribution in [0.4, 0.5) is 5.69 Å². The van der Waals surface area contributed by atoms with Gasteiger partial charge >= 0.3 is 0 Å². The summed E-state index contributed by atoms with van der Waals surface area (Å²) in [4.78, 5) is 6.70. The lowest BCUT2D eigenvalue weighted by Crippen LogP contribution is -2.44. The van der Waals surface area contributed by atoms with Gasteiger partial charge in [0.15, 0.2) is 0 Å². The van der Waals surface area contributed by atoms with Crippen LogP contribution in [0.5, 0.6) is 0 Å². The fraction of sp³-hybridized carbons (Fsp3) is 0.278. The molecule has 0 amide bonds. The highest BCUT2D eigenvalue weighted by Crippen LogP contribution is 2.29. The average Bonchev–Trinajstić information content (AvgIpc) is 3.08. The Balaban J connectivity index is 1.46. The van der Waals surface area contributed by atoms with Crippen molar-refractivity contribution >= 4 is 37.1 Å². The molecule has 1 saturated heterocycles. The summed E-state index contributed by atoms with van der Waals surface area (Å²) in [5.41, 5.74) is 1.14. The highest BCUT2D eigenvalue weighted by molar-refractivity contribution is 7.90. The number of thiophene rings is 1. The molecule has 5 nitrogen and oxygen atoms in total. The van der Waals surface area contributed by atoms with Gasteiger partial charge in [0, 0.05) is 52.7 Å². The molecule has 1 aliphatic heterocycles. The number of benzene rings is 1. The van der Waals surface area contributed by atoms with E-state index in [2.05, 4.69) is 14.6 Å². The number of aromatic nitrogens is 1. The zero-order valence-electron chi connectivity index (χ0n) is 13.6. The number of anilines is 1. The van der Waals surface area contributed by atoms with E-state index in [1.807, 2.05) is 36.4 Å².